The zero-order chi connectivity index (χ0) is 13.9. The van der Waals surface area contributed by atoms with Crippen LogP contribution in [0.15, 0.2) is 46.9 Å². The minimum absolute atomic E-state index is 0.329. The Morgan fingerprint density at radius 3 is 2.55 bits per heavy atom. The maximum atomic E-state index is 4.58. The van der Waals surface area contributed by atoms with Crippen LogP contribution >= 0.6 is 22.9 Å². The summed E-state index contributed by atoms with van der Waals surface area (Å²) in [5.74, 6) is 0.677. The molecule has 0 saturated carbocycles. The summed E-state index contributed by atoms with van der Waals surface area (Å²) in [6.07, 6.45) is 4.25. The molecule has 3 aromatic rings. The van der Waals surface area contributed by atoms with E-state index in [4.69, 9.17) is 0 Å². The third kappa shape index (κ3) is 2.55. The van der Waals surface area contributed by atoms with Crippen LogP contribution < -0.4 is 0 Å². The van der Waals surface area contributed by atoms with Gasteiger partial charge in [-0.15, -0.1) is 11.3 Å². The third-order valence-corrected chi connectivity index (χ3v) is 5.05. The van der Waals surface area contributed by atoms with Gasteiger partial charge in [0.15, 0.2) is 0 Å². The van der Waals surface area contributed by atoms with Crippen molar-refractivity contribution >= 4 is 22.9 Å². The molecule has 20 heavy (non-hydrogen) atoms. The molecule has 3 heterocycles. The largest absolute Gasteiger partial charge is 0.351 e. The number of thiazole rings is 1. The van der Waals surface area contributed by atoms with Crippen LogP contribution in [0.1, 0.15) is 43.1 Å². The molecule has 0 fully saturated rings. The lowest BCUT2D eigenvalue weighted by atomic mass is 9.83. The SMILES string of the molecule is CC(c1cscn1)C(c1ccsn1)C(C)n1cccc1. The molecule has 0 saturated heterocycles. The fourth-order valence-electron chi connectivity index (χ4n) is 2.75. The van der Waals surface area contributed by atoms with Gasteiger partial charge >= 0.3 is 0 Å². The first-order chi connectivity index (χ1) is 9.77. The van der Waals surface area contributed by atoms with Crippen LogP contribution in [0.5, 0.6) is 0 Å². The number of nitrogens with zero attached hydrogens (tertiary/aromatic N) is 3. The van der Waals surface area contributed by atoms with E-state index >= 15 is 0 Å². The normalized spacial score (nSPS) is 15.9. The number of aromatic nitrogens is 3. The van der Waals surface area contributed by atoms with Crippen LogP contribution in [0.4, 0.5) is 0 Å². The van der Waals surface area contributed by atoms with Gasteiger partial charge in [0.1, 0.15) is 0 Å². The maximum Gasteiger partial charge on any atom is 0.0794 e. The van der Waals surface area contributed by atoms with E-state index in [9.17, 15) is 0 Å². The molecule has 0 N–H and O–H groups in total. The Kier molecular flexibility index (Phi) is 3.98. The Bertz CT molecular complexity index is 574. The molecule has 3 nitrogen and oxygen atoms in total. The highest BCUT2D eigenvalue weighted by Gasteiger charge is 2.29. The van der Waals surface area contributed by atoms with E-state index in [2.05, 4.69) is 69.1 Å². The van der Waals surface area contributed by atoms with E-state index in [0.29, 0.717) is 17.9 Å². The second-order valence-electron chi connectivity index (χ2n) is 5.02. The van der Waals surface area contributed by atoms with Crippen molar-refractivity contribution in [2.45, 2.75) is 31.7 Å². The van der Waals surface area contributed by atoms with Gasteiger partial charge in [-0.25, -0.2) is 4.98 Å². The Morgan fingerprint density at radius 1 is 1.15 bits per heavy atom. The van der Waals surface area contributed by atoms with Crippen molar-refractivity contribution in [2.75, 3.05) is 0 Å². The number of hydrogen-bond acceptors (Lipinski definition) is 4. The quantitative estimate of drug-likeness (QED) is 0.692. The topological polar surface area (TPSA) is 30.7 Å². The van der Waals surface area contributed by atoms with Crippen LogP contribution in [-0.4, -0.2) is 13.9 Å². The fourth-order valence-corrected chi connectivity index (χ4v) is 3.97. The molecule has 0 aliphatic rings. The summed E-state index contributed by atoms with van der Waals surface area (Å²) in [6, 6.07) is 6.63. The van der Waals surface area contributed by atoms with E-state index in [1.165, 1.54) is 11.5 Å². The zero-order valence-corrected chi connectivity index (χ0v) is 13.1. The van der Waals surface area contributed by atoms with Gasteiger partial charge in [-0.05, 0) is 36.7 Å². The van der Waals surface area contributed by atoms with Gasteiger partial charge < -0.3 is 4.57 Å². The van der Waals surface area contributed by atoms with Crippen LogP contribution in [0, 0.1) is 0 Å². The van der Waals surface area contributed by atoms with Crippen LogP contribution in [0.2, 0.25) is 0 Å². The highest BCUT2D eigenvalue weighted by Crippen LogP contribution is 2.40. The summed E-state index contributed by atoms with van der Waals surface area (Å²) in [6.45, 7) is 4.51. The van der Waals surface area contributed by atoms with Crippen molar-refractivity contribution in [3.05, 3.63) is 58.3 Å². The van der Waals surface area contributed by atoms with E-state index in [1.807, 2.05) is 5.51 Å². The van der Waals surface area contributed by atoms with Crippen LogP contribution in [0.3, 0.4) is 0 Å². The number of rotatable bonds is 5. The molecule has 3 atom stereocenters. The van der Waals surface area contributed by atoms with E-state index < -0.39 is 0 Å². The molecule has 104 valence electrons. The summed E-state index contributed by atoms with van der Waals surface area (Å²) >= 11 is 3.18. The molecule has 0 amide bonds. The van der Waals surface area contributed by atoms with Gasteiger partial charge in [-0.1, -0.05) is 6.92 Å². The lowest BCUT2D eigenvalue weighted by molar-refractivity contribution is 0.391. The van der Waals surface area contributed by atoms with Gasteiger partial charge in [-0.3, -0.25) is 0 Å². The molecule has 0 spiro atoms. The highest BCUT2D eigenvalue weighted by molar-refractivity contribution is 7.07. The van der Waals surface area contributed by atoms with Crippen molar-refractivity contribution < 1.29 is 0 Å². The zero-order valence-electron chi connectivity index (χ0n) is 11.5. The molecule has 0 aromatic carbocycles. The maximum absolute atomic E-state index is 4.58. The Morgan fingerprint density at radius 2 is 1.95 bits per heavy atom. The third-order valence-electron chi connectivity index (χ3n) is 3.87. The fraction of sp³-hybridized carbons (Fsp3) is 0.333. The van der Waals surface area contributed by atoms with Gasteiger partial charge in [0, 0.05) is 41.0 Å². The summed E-state index contributed by atoms with van der Waals surface area (Å²) in [7, 11) is 0. The van der Waals surface area contributed by atoms with Crippen molar-refractivity contribution in [1.29, 1.82) is 0 Å². The van der Waals surface area contributed by atoms with E-state index in [0.717, 1.165) is 11.4 Å². The highest BCUT2D eigenvalue weighted by atomic mass is 32.1. The molecule has 0 aliphatic carbocycles. The van der Waals surface area contributed by atoms with E-state index in [1.54, 1.807) is 11.3 Å². The minimum atomic E-state index is 0.329. The first-order valence-electron chi connectivity index (χ1n) is 6.68. The average molecular weight is 303 g/mol. The van der Waals surface area contributed by atoms with Crippen molar-refractivity contribution in [2.24, 2.45) is 0 Å². The standard InChI is InChI=1S/C15H17N3S2/c1-11(14-9-19-10-16-14)15(13-5-8-20-17-13)12(2)18-6-3-4-7-18/h3-12,15H,1-2H3. The first kappa shape index (κ1) is 13.5. The summed E-state index contributed by atoms with van der Waals surface area (Å²) in [5.41, 5.74) is 4.23. The van der Waals surface area contributed by atoms with Crippen molar-refractivity contribution in [3.63, 3.8) is 0 Å². The average Bonchev–Trinajstić information content (AvgIpc) is 3.20. The van der Waals surface area contributed by atoms with Gasteiger partial charge in [0.2, 0.25) is 0 Å². The molecule has 0 radical (unpaired) electrons. The van der Waals surface area contributed by atoms with Crippen LogP contribution in [-0.2, 0) is 0 Å². The molecule has 3 unspecified atom stereocenters. The van der Waals surface area contributed by atoms with Gasteiger partial charge in [0.25, 0.3) is 0 Å². The number of hydrogen-bond donors (Lipinski definition) is 0. The minimum Gasteiger partial charge on any atom is -0.351 e. The molecule has 0 bridgehead atoms. The van der Waals surface area contributed by atoms with Crippen molar-refractivity contribution in [3.8, 4) is 0 Å². The molecular weight excluding hydrogens is 286 g/mol. The van der Waals surface area contributed by atoms with Crippen molar-refractivity contribution in [1.82, 2.24) is 13.9 Å². The predicted molar refractivity (Wildman–Crippen MR) is 84.5 cm³/mol. The lowest BCUT2D eigenvalue weighted by Crippen LogP contribution is -2.20. The lowest BCUT2D eigenvalue weighted by Gasteiger charge is -2.28. The Balaban J connectivity index is 1.96. The summed E-state index contributed by atoms with van der Waals surface area (Å²) < 4.78 is 6.84. The van der Waals surface area contributed by atoms with Gasteiger partial charge in [-0.2, -0.15) is 4.37 Å². The second kappa shape index (κ2) is 5.89. The predicted octanol–water partition coefficient (Wildman–Crippen LogP) is 4.55. The molecule has 3 aromatic heterocycles. The monoisotopic (exact) mass is 303 g/mol. The Labute approximate surface area is 127 Å². The summed E-state index contributed by atoms with van der Waals surface area (Å²) in [5, 5.41) is 4.20. The Hall–Kier alpha value is -1.46. The molecular formula is C15H17N3S2. The van der Waals surface area contributed by atoms with Gasteiger partial charge in [0.05, 0.1) is 16.9 Å². The molecule has 3 rings (SSSR count). The molecule has 5 heteroatoms. The summed E-state index contributed by atoms with van der Waals surface area (Å²) in [4.78, 5) is 4.50. The second-order valence-corrected chi connectivity index (χ2v) is 6.41. The first-order valence-corrected chi connectivity index (χ1v) is 8.46. The smallest absolute Gasteiger partial charge is 0.0794 e. The molecule has 0 aliphatic heterocycles. The van der Waals surface area contributed by atoms with E-state index in [-0.39, 0.29) is 0 Å². The van der Waals surface area contributed by atoms with Crippen LogP contribution in [0.25, 0.3) is 0 Å².